The molecule has 184 valence electrons. The Morgan fingerprint density at radius 3 is 2.59 bits per heavy atom. The lowest BCUT2D eigenvalue weighted by Crippen LogP contribution is -2.14. The van der Waals surface area contributed by atoms with Crippen molar-refractivity contribution in [1.82, 2.24) is 35.5 Å². The molecule has 1 aromatic carbocycles. The predicted octanol–water partition coefficient (Wildman–Crippen LogP) is 6.80. The fraction of sp³-hybridized carbons (Fsp3) is 0.133. The summed E-state index contributed by atoms with van der Waals surface area (Å²) in [5, 5.41) is 12.1. The lowest BCUT2D eigenvalue weighted by Gasteiger charge is -2.14. The quantitative estimate of drug-likeness (QED) is 0.209. The van der Waals surface area contributed by atoms with Crippen LogP contribution in [0.1, 0.15) is 26.3 Å². The Labute approximate surface area is 215 Å². The molecular formula is C30H29N7. The first kappa shape index (κ1) is 23.9. The Morgan fingerprint density at radius 2 is 1.86 bits per heavy atom. The van der Waals surface area contributed by atoms with Crippen LogP contribution in [0.3, 0.4) is 0 Å². The second kappa shape index (κ2) is 10.1. The van der Waals surface area contributed by atoms with Gasteiger partial charge in [-0.1, -0.05) is 39.1 Å². The highest BCUT2D eigenvalue weighted by Gasteiger charge is 2.16. The minimum Gasteiger partial charge on any atom is -0.359 e. The highest BCUT2D eigenvalue weighted by Crippen LogP contribution is 2.32. The van der Waals surface area contributed by atoms with Gasteiger partial charge in [-0.2, -0.15) is 5.10 Å². The topological polar surface area (TPSA) is 95.2 Å². The molecule has 0 bridgehead atoms. The van der Waals surface area contributed by atoms with Gasteiger partial charge in [0.25, 0.3) is 0 Å². The van der Waals surface area contributed by atoms with Crippen LogP contribution in [0.5, 0.6) is 0 Å². The monoisotopic (exact) mass is 487 g/mol. The number of aromatic nitrogens is 6. The molecule has 7 heteroatoms. The summed E-state index contributed by atoms with van der Waals surface area (Å²) in [4.78, 5) is 16.9. The van der Waals surface area contributed by atoms with Crippen LogP contribution in [0.25, 0.3) is 50.2 Å². The van der Waals surface area contributed by atoms with Crippen LogP contribution in [-0.4, -0.2) is 30.1 Å². The smallest absolute Gasteiger partial charge is 0.159 e. The number of hydrogen-bond acceptors (Lipinski definition) is 5. The number of nitrogens with one attached hydrogen (secondary N) is 3. The van der Waals surface area contributed by atoms with Crippen LogP contribution in [0.4, 0.5) is 0 Å². The molecular weight excluding hydrogens is 458 g/mol. The number of nitrogens with zero attached hydrogens (tertiary/aromatic N) is 4. The molecule has 0 fully saturated rings. The molecule has 0 saturated carbocycles. The molecule has 37 heavy (non-hydrogen) atoms. The van der Waals surface area contributed by atoms with Crippen molar-refractivity contribution >= 4 is 27.5 Å². The number of rotatable bonds is 8. The summed E-state index contributed by atoms with van der Waals surface area (Å²) >= 11 is 0. The van der Waals surface area contributed by atoms with Crippen LogP contribution >= 0.6 is 0 Å². The number of fused-ring (bicyclic) bond motifs is 2. The van der Waals surface area contributed by atoms with Gasteiger partial charge in [0.15, 0.2) is 5.82 Å². The molecule has 3 N–H and O–H groups in total. The summed E-state index contributed by atoms with van der Waals surface area (Å²) < 4.78 is 0. The second-order valence-corrected chi connectivity index (χ2v) is 9.09. The number of benzene rings is 1. The van der Waals surface area contributed by atoms with Gasteiger partial charge in [-0.25, -0.2) is 4.98 Å². The van der Waals surface area contributed by atoms with Crippen LogP contribution in [-0.2, 0) is 0 Å². The fourth-order valence-corrected chi connectivity index (χ4v) is 4.14. The highest BCUT2D eigenvalue weighted by molar-refractivity contribution is 5.98. The van der Waals surface area contributed by atoms with Gasteiger partial charge in [-0.05, 0) is 66.0 Å². The van der Waals surface area contributed by atoms with Crippen molar-refractivity contribution in [3.8, 4) is 22.6 Å². The van der Waals surface area contributed by atoms with Crippen molar-refractivity contribution in [3.63, 3.8) is 0 Å². The lowest BCUT2D eigenvalue weighted by atomic mass is 10.0. The van der Waals surface area contributed by atoms with Crippen molar-refractivity contribution < 1.29 is 0 Å². The number of H-pyrrole nitrogens is 2. The van der Waals surface area contributed by atoms with Crippen molar-refractivity contribution in [2.75, 3.05) is 0 Å². The van der Waals surface area contributed by atoms with Crippen LogP contribution in [0.15, 0.2) is 97.9 Å². The molecule has 5 aromatic rings. The van der Waals surface area contributed by atoms with Crippen molar-refractivity contribution in [2.24, 2.45) is 5.92 Å². The van der Waals surface area contributed by atoms with Gasteiger partial charge >= 0.3 is 0 Å². The maximum Gasteiger partial charge on any atom is 0.159 e. The number of pyridine rings is 2. The molecule has 4 aromatic heterocycles. The zero-order valence-corrected chi connectivity index (χ0v) is 21.2. The third kappa shape index (κ3) is 4.71. The molecule has 0 atom stereocenters. The standard InChI is InChI=1S/C30H29N7/c1-6-20(14-23(7-2)33-19(5)18(3)4)22-8-9-26-24(15-22)29(37-36-26)30-34-27-17-32-16-25(28(27)35-30)21-10-12-31-13-11-21/h6-18,33H,2,5H2,1,3-4H3,(H,34,35)(H,36,37)/b20-6+,23-14+. The van der Waals surface area contributed by atoms with Gasteiger partial charge in [0, 0.05) is 40.9 Å². The van der Waals surface area contributed by atoms with Crippen LogP contribution in [0.2, 0.25) is 0 Å². The second-order valence-electron chi connectivity index (χ2n) is 9.09. The van der Waals surface area contributed by atoms with E-state index in [-0.39, 0.29) is 0 Å². The largest absolute Gasteiger partial charge is 0.359 e. The van der Waals surface area contributed by atoms with E-state index in [2.05, 4.69) is 81.8 Å². The summed E-state index contributed by atoms with van der Waals surface area (Å²) in [7, 11) is 0. The lowest BCUT2D eigenvalue weighted by molar-refractivity contribution is 0.710. The van der Waals surface area contributed by atoms with Gasteiger partial charge in [-0.15, -0.1) is 0 Å². The normalized spacial score (nSPS) is 12.4. The predicted molar refractivity (Wildman–Crippen MR) is 151 cm³/mol. The van der Waals surface area contributed by atoms with E-state index in [0.717, 1.165) is 61.3 Å². The first-order valence-electron chi connectivity index (χ1n) is 12.2. The van der Waals surface area contributed by atoms with Crippen LogP contribution in [0, 0.1) is 5.92 Å². The molecule has 7 nitrogen and oxygen atoms in total. The molecule has 0 amide bonds. The maximum atomic E-state index is 4.93. The SMILES string of the molecule is C=C/C(=C\C(=C/C)c1ccc2[nH]nc(-c3nc4c(-c5ccncc5)cncc4[nH]3)c2c1)NC(=C)C(C)C. The fourth-order valence-electron chi connectivity index (χ4n) is 4.14. The van der Waals surface area contributed by atoms with Gasteiger partial charge in [-0.3, -0.25) is 15.1 Å². The number of aromatic amines is 2. The van der Waals surface area contributed by atoms with E-state index in [1.165, 1.54) is 0 Å². The number of imidazole rings is 1. The van der Waals surface area contributed by atoms with E-state index in [4.69, 9.17) is 4.98 Å². The number of allylic oxidation sites excluding steroid dienone is 5. The summed E-state index contributed by atoms with van der Waals surface area (Å²) in [6.07, 6.45) is 13.1. The van der Waals surface area contributed by atoms with Crippen molar-refractivity contribution in [1.29, 1.82) is 0 Å². The average Bonchev–Trinajstić information content (AvgIpc) is 3.54. The van der Waals surface area contributed by atoms with Gasteiger partial charge in [0.1, 0.15) is 5.69 Å². The van der Waals surface area contributed by atoms with E-state index in [1.807, 2.05) is 37.4 Å². The highest BCUT2D eigenvalue weighted by atomic mass is 15.1. The van der Waals surface area contributed by atoms with E-state index in [1.54, 1.807) is 18.6 Å². The maximum absolute atomic E-state index is 4.93. The summed E-state index contributed by atoms with van der Waals surface area (Å²) in [6.45, 7) is 14.3. The number of hydrogen-bond donors (Lipinski definition) is 3. The van der Waals surface area contributed by atoms with E-state index in [0.29, 0.717) is 11.7 Å². The summed E-state index contributed by atoms with van der Waals surface area (Å²) in [5.74, 6) is 1.00. The minimum absolute atomic E-state index is 0.320. The van der Waals surface area contributed by atoms with E-state index >= 15 is 0 Å². The van der Waals surface area contributed by atoms with Gasteiger partial charge in [0.2, 0.25) is 0 Å². The Kier molecular flexibility index (Phi) is 6.51. The third-order valence-corrected chi connectivity index (χ3v) is 6.35. The zero-order chi connectivity index (χ0) is 25.9. The first-order chi connectivity index (χ1) is 18.0. The third-order valence-electron chi connectivity index (χ3n) is 6.35. The summed E-state index contributed by atoms with van der Waals surface area (Å²) in [6, 6.07) is 10.2. The van der Waals surface area contributed by atoms with Crippen LogP contribution < -0.4 is 5.32 Å². The minimum atomic E-state index is 0.320. The Bertz CT molecular complexity index is 1670. The first-order valence-corrected chi connectivity index (χ1v) is 12.2. The van der Waals surface area contributed by atoms with Crippen molar-refractivity contribution in [3.05, 3.63) is 103 Å². The van der Waals surface area contributed by atoms with Gasteiger partial charge in [0.05, 0.1) is 22.7 Å². The molecule has 0 unspecified atom stereocenters. The Hall–Kier alpha value is -4.78. The van der Waals surface area contributed by atoms with Crippen molar-refractivity contribution in [2.45, 2.75) is 20.8 Å². The molecule has 0 aliphatic rings. The van der Waals surface area contributed by atoms with Gasteiger partial charge < -0.3 is 10.3 Å². The molecule has 0 spiro atoms. The Balaban J connectivity index is 1.56. The average molecular weight is 488 g/mol. The zero-order valence-electron chi connectivity index (χ0n) is 21.2. The molecule has 5 rings (SSSR count). The van der Waals surface area contributed by atoms with E-state index in [9.17, 15) is 0 Å². The summed E-state index contributed by atoms with van der Waals surface area (Å²) in [5.41, 5.74) is 9.28. The molecule has 0 aliphatic heterocycles. The molecule has 0 aliphatic carbocycles. The van der Waals surface area contributed by atoms with E-state index < -0.39 is 0 Å². The molecule has 0 radical (unpaired) electrons. The molecule has 0 saturated heterocycles. The Morgan fingerprint density at radius 1 is 1.05 bits per heavy atom. The molecule has 4 heterocycles.